The molecule has 4 aromatic rings. The lowest BCUT2D eigenvalue weighted by Crippen LogP contribution is -2.70. The summed E-state index contributed by atoms with van der Waals surface area (Å²) in [7, 11) is 1.58. The molecule has 1 saturated carbocycles. The van der Waals surface area contributed by atoms with Gasteiger partial charge < -0.3 is 39.4 Å². The summed E-state index contributed by atoms with van der Waals surface area (Å²) in [5.41, 5.74) is 2.37. The first-order valence-electron chi connectivity index (χ1n) is 19.6. The van der Waals surface area contributed by atoms with E-state index in [1.165, 1.54) is 16.2 Å². The lowest BCUT2D eigenvalue weighted by Gasteiger charge is -2.50. The lowest BCUT2D eigenvalue weighted by molar-refractivity contribution is -0.214. The summed E-state index contributed by atoms with van der Waals surface area (Å²) in [6.45, 7) is -0.0481. The molecule has 2 bridgehead atoms. The molecule has 4 aromatic carbocycles. The molecular weight excluding hydrogens is 743 g/mol. The number of ether oxygens (including phenoxy) is 4. The number of hydrogen-bond acceptors (Lipinski definition) is 11. The fraction of sp³-hybridized carbons (Fsp3) is 0.356. The van der Waals surface area contributed by atoms with Crippen LogP contribution in [-0.4, -0.2) is 108 Å². The highest BCUT2D eigenvalue weighted by molar-refractivity contribution is 5.96. The number of amides is 2. The van der Waals surface area contributed by atoms with Crippen LogP contribution in [0.4, 0.5) is 0 Å². The Morgan fingerprint density at radius 1 is 0.879 bits per heavy atom. The maximum atomic E-state index is 15.6. The molecule has 0 radical (unpaired) electrons. The maximum Gasteiger partial charge on any atom is 0.327 e. The molecule has 3 N–H and O–H groups in total. The van der Waals surface area contributed by atoms with Crippen LogP contribution in [-0.2, 0) is 56.9 Å². The van der Waals surface area contributed by atoms with Crippen LogP contribution >= 0.6 is 0 Å². The molecule has 0 spiro atoms. The second kappa shape index (κ2) is 16.8. The highest BCUT2D eigenvalue weighted by atomic mass is 16.8. The number of hydrogen-bond donors (Lipinski definition) is 3. The van der Waals surface area contributed by atoms with Gasteiger partial charge in [0.15, 0.2) is 6.04 Å². The smallest absolute Gasteiger partial charge is 0.327 e. The highest BCUT2D eigenvalue weighted by Gasteiger charge is 2.77. The van der Waals surface area contributed by atoms with Crippen molar-refractivity contribution >= 4 is 23.9 Å². The van der Waals surface area contributed by atoms with Crippen molar-refractivity contribution in [2.24, 2.45) is 5.41 Å². The highest BCUT2D eigenvalue weighted by Crippen LogP contribution is 2.59. The zero-order chi connectivity index (χ0) is 40.3. The third kappa shape index (κ3) is 7.18. The van der Waals surface area contributed by atoms with Crippen molar-refractivity contribution in [3.8, 4) is 0 Å². The number of rotatable bonds is 15. The summed E-state index contributed by atoms with van der Waals surface area (Å²) >= 11 is 0. The molecule has 0 unspecified atom stereocenters. The average molecular weight is 790 g/mol. The number of benzene rings is 4. The van der Waals surface area contributed by atoms with E-state index < -0.39 is 65.5 Å². The van der Waals surface area contributed by atoms with Gasteiger partial charge in [-0.2, -0.15) is 5.06 Å². The second-order valence-corrected chi connectivity index (χ2v) is 15.0. The first-order chi connectivity index (χ1) is 28.3. The summed E-state index contributed by atoms with van der Waals surface area (Å²) in [6.07, 6.45) is -0.0740. The molecule has 3 aliphatic heterocycles. The first-order valence-corrected chi connectivity index (χ1v) is 19.6. The number of carbonyl (C=O) groups is 3. The standard InChI is InChI=1S/C45H47N3O10/c1-47(35(41(51)46-22-23-49)27-31-11-5-2-6-12-31)43(53)44-28-36-37-38(57-45(56-37,33-13-7-3-8-14-33)34-15-9-4-10-16-34)40(44)58-48(39(44)42(52)55-36)29-32-19-17-30(18-20-32)21-25-54-26-24-50/h2-21,25,35-40,49-50H,22-24,26-29H2,1H3,(H,46,51)/t35-,36-,37+,38+,39+,40-,44+/m1/s1. The molecule has 1 aliphatic carbocycles. The SMILES string of the molecule is CN(C(=O)[C@@]12C[C@H]3OC(=O)[C@@H]1N(Cc1ccc(C=COCCO)cc1)O[C@@H]2[C@H]1OC(c2ccccc2)(c2ccccc2)O[C@H]13)[C@H](Cc1ccccc1)C(=O)NCCO. The van der Waals surface area contributed by atoms with Crippen LogP contribution in [0.3, 0.4) is 0 Å². The Morgan fingerprint density at radius 2 is 1.52 bits per heavy atom. The van der Waals surface area contributed by atoms with Crippen LogP contribution in [0.25, 0.3) is 6.08 Å². The van der Waals surface area contributed by atoms with Crippen LogP contribution in [0, 0.1) is 5.41 Å². The second-order valence-electron chi connectivity index (χ2n) is 15.0. The van der Waals surface area contributed by atoms with Crippen molar-refractivity contribution in [2.45, 2.75) is 61.7 Å². The van der Waals surface area contributed by atoms with Crippen molar-refractivity contribution in [1.82, 2.24) is 15.3 Å². The average Bonchev–Trinajstić information content (AvgIpc) is 3.84. The van der Waals surface area contributed by atoms with Gasteiger partial charge in [0.1, 0.15) is 42.5 Å². The molecule has 3 saturated heterocycles. The monoisotopic (exact) mass is 789 g/mol. The minimum atomic E-state index is -1.55. The fourth-order valence-corrected chi connectivity index (χ4v) is 8.84. The molecule has 13 nitrogen and oxygen atoms in total. The third-order valence-electron chi connectivity index (χ3n) is 11.5. The van der Waals surface area contributed by atoms with Crippen LogP contribution < -0.4 is 5.32 Å². The number of esters is 1. The van der Waals surface area contributed by atoms with Crippen molar-refractivity contribution in [3.63, 3.8) is 0 Å². The maximum absolute atomic E-state index is 15.6. The van der Waals surface area contributed by atoms with Gasteiger partial charge >= 0.3 is 5.97 Å². The number of nitrogens with zero attached hydrogens (tertiary/aromatic N) is 2. The lowest BCUT2D eigenvalue weighted by atomic mass is 9.62. The van der Waals surface area contributed by atoms with Crippen molar-refractivity contribution in [2.75, 3.05) is 33.4 Å². The van der Waals surface area contributed by atoms with Crippen LogP contribution in [0.15, 0.2) is 122 Å². The van der Waals surface area contributed by atoms with E-state index in [-0.39, 0.29) is 45.8 Å². The Morgan fingerprint density at radius 3 is 2.16 bits per heavy atom. The molecule has 0 aromatic heterocycles. The molecule has 302 valence electrons. The number of fused-ring (bicyclic) bond motifs is 4. The zero-order valence-corrected chi connectivity index (χ0v) is 32.1. The summed E-state index contributed by atoms with van der Waals surface area (Å²) in [5.74, 6) is -2.96. The van der Waals surface area contributed by atoms with Crippen LogP contribution in [0.2, 0.25) is 0 Å². The molecule has 2 amide bonds. The van der Waals surface area contributed by atoms with Gasteiger partial charge in [-0.1, -0.05) is 115 Å². The molecule has 58 heavy (non-hydrogen) atoms. The summed E-state index contributed by atoms with van der Waals surface area (Å²) in [6, 6.07) is 33.8. The minimum Gasteiger partial charge on any atom is -0.499 e. The molecule has 13 heteroatoms. The predicted octanol–water partition coefficient (Wildman–Crippen LogP) is 3.33. The predicted molar refractivity (Wildman–Crippen MR) is 210 cm³/mol. The van der Waals surface area contributed by atoms with E-state index in [1.807, 2.05) is 115 Å². The van der Waals surface area contributed by atoms with E-state index in [2.05, 4.69) is 5.32 Å². The zero-order valence-electron chi connectivity index (χ0n) is 32.1. The molecule has 7 atom stereocenters. The Kier molecular flexibility index (Phi) is 11.4. The van der Waals surface area contributed by atoms with Crippen molar-refractivity contribution < 1.29 is 48.4 Å². The van der Waals surface area contributed by atoms with Gasteiger partial charge in [-0.25, -0.2) is 0 Å². The first kappa shape index (κ1) is 39.4. The summed E-state index contributed by atoms with van der Waals surface area (Å²) < 4.78 is 25.6. The fourth-order valence-electron chi connectivity index (χ4n) is 8.84. The normalized spacial score (nSPS) is 26.1. The number of carbonyl (C=O) groups excluding carboxylic acids is 3. The molecular formula is C45H47N3O10. The van der Waals surface area contributed by atoms with Gasteiger partial charge in [0.05, 0.1) is 26.0 Å². The van der Waals surface area contributed by atoms with E-state index in [4.69, 9.17) is 28.9 Å². The Hall–Kier alpha value is -5.41. The van der Waals surface area contributed by atoms with E-state index in [0.29, 0.717) is 0 Å². The largest absolute Gasteiger partial charge is 0.499 e. The topological polar surface area (TPSA) is 156 Å². The van der Waals surface area contributed by atoms with Gasteiger partial charge in [-0.3, -0.25) is 19.2 Å². The van der Waals surface area contributed by atoms with Gasteiger partial charge in [0.2, 0.25) is 17.6 Å². The number of aliphatic hydroxyl groups excluding tert-OH is 2. The molecule has 4 aliphatic rings. The van der Waals surface area contributed by atoms with Crippen LogP contribution in [0.5, 0.6) is 0 Å². The van der Waals surface area contributed by atoms with E-state index in [9.17, 15) is 14.7 Å². The molecule has 8 rings (SSSR count). The minimum absolute atomic E-state index is 0.00802. The Balaban J connectivity index is 1.20. The number of likely N-dealkylation sites (N-methyl/N-ethyl adjacent to an activating group) is 1. The van der Waals surface area contributed by atoms with E-state index in [0.717, 1.165) is 27.8 Å². The van der Waals surface area contributed by atoms with E-state index in [1.54, 1.807) is 13.1 Å². The number of hydroxylamine groups is 2. The molecule has 4 fully saturated rings. The van der Waals surface area contributed by atoms with Gasteiger partial charge in [-0.05, 0) is 22.8 Å². The van der Waals surface area contributed by atoms with Gasteiger partial charge in [0, 0.05) is 37.6 Å². The third-order valence-corrected chi connectivity index (χ3v) is 11.5. The van der Waals surface area contributed by atoms with Crippen molar-refractivity contribution in [3.05, 3.63) is 149 Å². The summed E-state index contributed by atoms with van der Waals surface area (Å²) in [5, 5.41) is 22.9. The van der Waals surface area contributed by atoms with Crippen molar-refractivity contribution in [1.29, 1.82) is 0 Å². The summed E-state index contributed by atoms with van der Waals surface area (Å²) in [4.78, 5) is 52.2. The van der Waals surface area contributed by atoms with Gasteiger partial charge in [0.25, 0.3) is 0 Å². The van der Waals surface area contributed by atoms with Crippen LogP contribution in [0.1, 0.15) is 34.2 Å². The quantitative estimate of drug-likeness (QED) is 0.0923. The number of nitrogens with one attached hydrogen (secondary N) is 1. The number of aliphatic hydroxyl groups is 2. The Labute approximate surface area is 336 Å². The molecule has 3 heterocycles. The Bertz CT molecular complexity index is 2050. The van der Waals surface area contributed by atoms with Gasteiger partial charge in [-0.15, -0.1) is 0 Å². The van der Waals surface area contributed by atoms with E-state index >= 15 is 4.79 Å².